The van der Waals surface area contributed by atoms with E-state index in [9.17, 15) is 9.59 Å². The summed E-state index contributed by atoms with van der Waals surface area (Å²) in [6.07, 6.45) is 1.46. The molecule has 0 radical (unpaired) electrons. The van der Waals surface area contributed by atoms with Crippen molar-refractivity contribution in [3.05, 3.63) is 33.7 Å². The average molecular weight is 254 g/mol. The van der Waals surface area contributed by atoms with Crippen molar-refractivity contribution in [2.45, 2.75) is 26.8 Å². The molecule has 17 heavy (non-hydrogen) atoms. The van der Waals surface area contributed by atoms with Crippen LogP contribution in [0.2, 0.25) is 0 Å². The highest BCUT2D eigenvalue weighted by Crippen LogP contribution is 2.02. The molecule has 1 heterocycles. The van der Waals surface area contributed by atoms with E-state index in [0.717, 1.165) is 17.2 Å². The Morgan fingerprint density at radius 3 is 2.88 bits per heavy atom. The van der Waals surface area contributed by atoms with Crippen molar-refractivity contribution in [3.8, 4) is 0 Å². The number of amides is 1. The number of carbonyl (C=O) groups is 1. The molecule has 4 nitrogen and oxygen atoms in total. The van der Waals surface area contributed by atoms with Crippen LogP contribution in [0.4, 0.5) is 0 Å². The van der Waals surface area contributed by atoms with Gasteiger partial charge < -0.3 is 10.3 Å². The fourth-order valence-corrected chi connectivity index (χ4v) is 2.06. The number of nitrogens with one attached hydrogen (secondary N) is 2. The van der Waals surface area contributed by atoms with Crippen LogP contribution in [0.15, 0.2) is 17.1 Å². The van der Waals surface area contributed by atoms with E-state index in [1.807, 2.05) is 6.92 Å². The van der Waals surface area contributed by atoms with Gasteiger partial charge in [0.25, 0.3) is 5.91 Å². The summed E-state index contributed by atoms with van der Waals surface area (Å²) in [6, 6.07) is 1.49. The number of aryl methyl sites for hydroxylation is 1. The molecule has 0 bridgehead atoms. The van der Waals surface area contributed by atoms with Crippen LogP contribution < -0.4 is 10.7 Å². The van der Waals surface area contributed by atoms with Crippen LogP contribution in [0.1, 0.15) is 29.9 Å². The van der Waals surface area contributed by atoms with Gasteiger partial charge in [0.15, 0.2) is 5.43 Å². The van der Waals surface area contributed by atoms with Crippen molar-refractivity contribution < 1.29 is 4.79 Å². The van der Waals surface area contributed by atoms with Gasteiger partial charge in [-0.2, -0.15) is 11.8 Å². The van der Waals surface area contributed by atoms with Crippen LogP contribution in [0.3, 0.4) is 0 Å². The summed E-state index contributed by atoms with van der Waals surface area (Å²) in [5, 5.41) is 2.81. The first-order valence-electron chi connectivity index (χ1n) is 5.62. The standard InChI is InChI=1S/C12H18N2O2S/c1-4-17-7-9(3)14-12(16)10-6-13-8(2)5-11(10)15/h5-6,9H,4,7H2,1-3H3,(H,13,15)(H,14,16). The topological polar surface area (TPSA) is 62.0 Å². The van der Waals surface area contributed by atoms with Crippen LogP contribution in [-0.2, 0) is 0 Å². The van der Waals surface area contributed by atoms with E-state index in [1.54, 1.807) is 18.7 Å². The highest BCUT2D eigenvalue weighted by atomic mass is 32.2. The van der Waals surface area contributed by atoms with E-state index >= 15 is 0 Å². The predicted octanol–water partition coefficient (Wildman–Crippen LogP) is 1.55. The highest BCUT2D eigenvalue weighted by molar-refractivity contribution is 7.99. The second kappa shape index (κ2) is 6.49. The number of H-pyrrole nitrogens is 1. The number of pyridine rings is 1. The number of thioether (sulfide) groups is 1. The quantitative estimate of drug-likeness (QED) is 0.838. The Kier molecular flexibility index (Phi) is 5.28. The Balaban J connectivity index is 2.67. The Bertz CT molecular complexity index is 442. The van der Waals surface area contributed by atoms with Crippen LogP contribution in [0.5, 0.6) is 0 Å². The molecule has 5 heteroatoms. The molecule has 1 unspecified atom stereocenters. The molecule has 0 saturated carbocycles. The monoisotopic (exact) mass is 254 g/mol. The lowest BCUT2D eigenvalue weighted by molar-refractivity contribution is 0.0942. The molecule has 1 aromatic rings. The second-order valence-electron chi connectivity index (χ2n) is 3.93. The van der Waals surface area contributed by atoms with Gasteiger partial charge in [-0.15, -0.1) is 0 Å². The third-order valence-corrected chi connectivity index (χ3v) is 3.40. The number of hydrogen-bond donors (Lipinski definition) is 2. The zero-order valence-electron chi connectivity index (χ0n) is 10.4. The maximum absolute atomic E-state index is 11.8. The molecule has 0 aromatic carbocycles. The third kappa shape index (κ3) is 4.26. The minimum absolute atomic E-state index is 0.0631. The molecule has 1 rings (SSSR count). The molecule has 0 aliphatic rings. The van der Waals surface area contributed by atoms with Crippen molar-refractivity contribution in [3.63, 3.8) is 0 Å². The largest absolute Gasteiger partial charge is 0.364 e. The van der Waals surface area contributed by atoms with Crippen molar-refractivity contribution in [2.24, 2.45) is 0 Å². The molecule has 2 N–H and O–H groups in total. The minimum atomic E-state index is -0.310. The molecule has 94 valence electrons. The summed E-state index contributed by atoms with van der Waals surface area (Å²) in [5.41, 5.74) is 0.680. The molecule has 0 saturated heterocycles. The van der Waals surface area contributed by atoms with E-state index in [2.05, 4.69) is 17.2 Å². The summed E-state index contributed by atoms with van der Waals surface area (Å²) < 4.78 is 0. The molecule has 0 fully saturated rings. The Morgan fingerprint density at radius 1 is 1.59 bits per heavy atom. The van der Waals surface area contributed by atoms with Gasteiger partial charge in [0.05, 0.1) is 0 Å². The van der Waals surface area contributed by atoms with Crippen molar-refractivity contribution >= 4 is 17.7 Å². The lowest BCUT2D eigenvalue weighted by atomic mass is 10.2. The summed E-state index contributed by atoms with van der Waals surface area (Å²) in [6.45, 7) is 5.79. The van der Waals surface area contributed by atoms with Gasteiger partial charge >= 0.3 is 0 Å². The van der Waals surface area contributed by atoms with Crippen molar-refractivity contribution in [1.29, 1.82) is 0 Å². The Labute approximate surface area is 105 Å². The first-order chi connectivity index (χ1) is 8.04. The zero-order valence-corrected chi connectivity index (χ0v) is 11.2. The van der Waals surface area contributed by atoms with Crippen LogP contribution in [0, 0.1) is 6.92 Å². The van der Waals surface area contributed by atoms with E-state index in [0.29, 0.717) is 0 Å². The minimum Gasteiger partial charge on any atom is -0.364 e. The first kappa shape index (κ1) is 13.8. The van der Waals surface area contributed by atoms with Gasteiger partial charge in [0.2, 0.25) is 0 Å². The summed E-state index contributed by atoms with van der Waals surface area (Å²) >= 11 is 1.76. The lowest BCUT2D eigenvalue weighted by Gasteiger charge is -2.12. The zero-order chi connectivity index (χ0) is 12.8. The van der Waals surface area contributed by atoms with Crippen LogP contribution >= 0.6 is 11.8 Å². The van der Waals surface area contributed by atoms with Crippen LogP contribution in [0.25, 0.3) is 0 Å². The first-order valence-corrected chi connectivity index (χ1v) is 6.78. The van der Waals surface area contributed by atoms with Gasteiger partial charge in [0.1, 0.15) is 5.56 Å². The second-order valence-corrected chi connectivity index (χ2v) is 5.25. The summed E-state index contributed by atoms with van der Waals surface area (Å²) in [5.74, 6) is 1.56. The fraction of sp³-hybridized carbons (Fsp3) is 0.500. The van der Waals surface area contributed by atoms with E-state index in [-0.39, 0.29) is 22.9 Å². The summed E-state index contributed by atoms with van der Waals surface area (Å²) in [4.78, 5) is 26.3. The molecule has 0 spiro atoms. The van der Waals surface area contributed by atoms with Crippen molar-refractivity contribution in [2.75, 3.05) is 11.5 Å². The van der Waals surface area contributed by atoms with Crippen LogP contribution in [-0.4, -0.2) is 28.4 Å². The van der Waals surface area contributed by atoms with Gasteiger partial charge in [-0.25, -0.2) is 0 Å². The van der Waals surface area contributed by atoms with Gasteiger partial charge in [0, 0.05) is 29.8 Å². The van der Waals surface area contributed by atoms with E-state index < -0.39 is 0 Å². The van der Waals surface area contributed by atoms with Gasteiger partial charge in [-0.3, -0.25) is 9.59 Å². The fourth-order valence-electron chi connectivity index (χ4n) is 1.39. The SMILES string of the molecule is CCSCC(C)NC(=O)c1c[nH]c(C)cc1=O. The molecular weight excluding hydrogens is 236 g/mol. The Hall–Kier alpha value is -1.23. The third-order valence-electron chi connectivity index (χ3n) is 2.25. The lowest BCUT2D eigenvalue weighted by Crippen LogP contribution is -2.36. The summed E-state index contributed by atoms with van der Waals surface area (Å²) in [7, 11) is 0. The maximum Gasteiger partial charge on any atom is 0.256 e. The predicted molar refractivity (Wildman–Crippen MR) is 71.7 cm³/mol. The molecule has 1 amide bonds. The molecule has 0 aliphatic heterocycles. The molecular formula is C12H18N2O2S. The van der Waals surface area contributed by atoms with Gasteiger partial charge in [-0.1, -0.05) is 6.92 Å². The molecule has 0 aliphatic carbocycles. The number of rotatable bonds is 5. The normalized spacial score (nSPS) is 12.2. The smallest absolute Gasteiger partial charge is 0.256 e. The number of aromatic amines is 1. The maximum atomic E-state index is 11.8. The Morgan fingerprint density at radius 2 is 2.29 bits per heavy atom. The average Bonchev–Trinajstić information content (AvgIpc) is 2.26. The molecule has 1 aromatic heterocycles. The van der Waals surface area contributed by atoms with Gasteiger partial charge in [-0.05, 0) is 19.6 Å². The van der Waals surface area contributed by atoms with E-state index in [1.165, 1.54) is 12.3 Å². The number of hydrogen-bond acceptors (Lipinski definition) is 3. The number of aromatic nitrogens is 1. The highest BCUT2D eigenvalue weighted by Gasteiger charge is 2.12. The number of carbonyl (C=O) groups excluding carboxylic acids is 1. The molecule has 1 atom stereocenters. The van der Waals surface area contributed by atoms with E-state index in [4.69, 9.17) is 0 Å². The van der Waals surface area contributed by atoms with Crippen molar-refractivity contribution in [1.82, 2.24) is 10.3 Å².